The highest BCUT2D eigenvalue weighted by molar-refractivity contribution is 5.91. The van der Waals surface area contributed by atoms with Crippen LogP contribution in [0.4, 0.5) is 5.69 Å². The Bertz CT molecular complexity index is 593. The Labute approximate surface area is 124 Å². The third kappa shape index (κ3) is 4.84. The standard InChI is InChI=1S/C17H19NO3/c1-3-20-15-7-9-16(10-8-15)21-12-17(19)18-14-6-4-5-13(2)11-14/h4-11H,3,12H2,1-2H3,(H,18,19). The zero-order valence-electron chi connectivity index (χ0n) is 12.3. The third-order valence-electron chi connectivity index (χ3n) is 2.81. The normalized spacial score (nSPS) is 10.0. The van der Waals surface area contributed by atoms with Gasteiger partial charge in [-0.05, 0) is 55.8 Å². The van der Waals surface area contributed by atoms with Gasteiger partial charge in [0.15, 0.2) is 6.61 Å². The minimum Gasteiger partial charge on any atom is -0.494 e. The van der Waals surface area contributed by atoms with E-state index in [1.54, 1.807) is 12.1 Å². The van der Waals surface area contributed by atoms with E-state index in [4.69, 9.17) is 9.47 Å². The van der Waals surface area contributed by atoms with E-state index >= 15 is 0 Å². The zero-order chi connectivity index (χ0) is 15.1. The molecule has 0 aliphatic carbocycles. The summed E-state index contributed by atoms with van der Waals surface area (Å²) in [5.74, 6) is 1.24. The van der Waals surface area contributed by atoms with Crippen LogP contribution in [0.2, 0.25) is 0 Å². The predicted octanol–water partition coefficient (Wildman–Crippen LogP) is 3.41. The van der Waals surface area contributed by atoms with Crippen LogP contribution in [-0.2, 0) is 4.79 Å². The van der Waals surface area contributed by atoms with Gasteiger partial charge >= 0.3 is 0 Å². The zero-order valence-corrected chi connectivity index (χ0v) is 12.3. The topological polar surface area (TPSA) is 47.6 Å². The van der Waals surface area contributed by atoms with Crippen LogP contribution in [0.5, 0.6) is 11.5 Å². The molecule has 0 spiro atoms. The van der Waals surface area contributed by atoms with E-state index in [-0.39, 0.29) is 12.5 Å². The number of hydrogen-bond donors (Lipinski definition) is 1. The number of benzene rings is 2. The molecule has 0 heterocycles. The monoisotopic (exact) mass is 285 g/mol. The first-order chi connectivity index (χ1) is 10.2. The molecule has 0 bridgehead atoms. The van der Waals surface area contributed by atoms with Gasteiger partial charge in [-0.15, -0.1) is 0 Å². The molecule has 110 valence electrons. The molecule has 1 amide bonds. The number of carbonyl (C=O) groups excluding carboxylic acids is 1. The van der Waals surface area contributed by atoms with Gasteiger partial charge in [-0.1, -0.05) is 12.1 Å². The highest BCUT2D eigenvalue weighted by Crippen LogP contribution is 2.17. The molecule has 0 atom stereocenters. The van der Waals surface area contributed by atoms with Crippen molar-refractivity contribution in [2.75, 3.05) is 18.5 Å². The smallest absolute Gasteiger partial charge is 0.262 e. The molecule has 0 saturated heterocycles. The predicted molar refractivity (Wildman–Crippen MR) is 82.9 cm³/mol. The first-order valence-corrected chi connectivity index (χ1v) is 6.89. The Morgan fingerprint density at radius 1 is 1.05 bits per heavy atom. The number of carbonyl (C=O) groups is 1. The first-order valence-electron chi connectivity index (χ1n) is 6.89. The Hall–Kier alpha value is -2.49. The van der Waals surface area contributed by atoms with E-state index in [0.29, 0.717) is 12.4 Å². The SMILES string of the molecule is CCOc1ccc(OCC(=O)Nc2cccc(C)c2)cc1. The lowest BCUT2D eigenvalue weighted by Gasteiger charge is -2.09. The van der Waals surface area contributed by atoms with Crippen molar-refractivity contribution < 1.29 is 14.3 Å². The summed E-state index contributed by atoms with van der Waals surface area (Å²) >= 11 is 0. The van der Waals surface area contributed by atoms with E-state index in [1.807, 2.05) is 50.2 Å². The number of nitrogens with one attached hydrogen (secondary N) is 1. The fourth-order valence-corrected chi connectivity index (χ4v) is 1.87. The van der Waals surface area contributed by atoms with Crippen molar-refractivity contribution in [3.63, 3.8) is 0 Å². The largest absolute Gasteiger partial charge is 0.494 e. The van der Waals surface area contributed by atoms with E-state index in [2.05, 4.69) is 5.32 Å². The molecule has 2 rings (SSSR count). The second-order valence-corrected chi connectivity index (χ2v) is 4.61. The van der Waals surface area contributed by atoms with Crippen molar-refractivity contribution in [1.29, 1.82) is 0 Å². The Balaban J connectivity index is 1.83. The summed E-state index contributed by atoms with van der Waals surface area (Å²) < 4.78 is 10.8. The summed E-state index contributed by atoms with van der Waals surface area (Å²) in [7, 11) is 0. The van der Waals surface area contributed by atoms with Gasteiger partial charge in [0.25, 0.3) is 5.91 Å². The van der Waals surface area contributed by atoms with Crippen molar-refractivity contribution in [2.45, 2.75) is 13.8 Å². The van der Waals surface area contributed by atoms with E-state index in [9.17, 15) is 4.79 Å². The van der Waals surface area contributed by atoms with Crippen LogP contribution in [0.3, 0.4) is 0 Å². The molecular weight excluding hydrogens is 266 g/mol. The van der Waals surface area contributed by atoms with Crippen LogP contribution in [0.25, 0.3) is 0 Å². The third-order valence-corrected chi connectivity index (χ3v) is 2.81. The van der Waals surface area contributed by atoms with Crippen LogP contribution < -0.4 is 14.8 Å². The number of hydrogen-bond acceptors (Lipinski definition) is 3. The van der Waals surface area contributed by atoms with Gasteiger partial charge in [0.1, 0.15) is 11.5 Å². The summed E-state index contributed by atoms with van der Waals surface area (Å²) in [5, 5.41) is 2.80. The average Bonchev–Trinajstić information content (AvgIpc) is 2.47. The minimum atomic E-state index is -0.186. The summed E-state index contributed by atoms with van der Waals surface area (Å²) in [4.78, 5) is 11.8. The van der Waals surface area contributed by atoms with Crippen molar-refractivity contribution in [2.24, 2.45) is 0 Å². The molecule has 4 heteroatoms. The summed E-state index contributed by atoms with van der Waals surface area (Å²) in [6.07, 6.45) is 0. The van der Waals surface area contributed by atoms with Gasteiger partial charge in [0, 0.05) is 5.69 Å². The molecule has 2 aromatic carbocycles. The molecular formula is C17H19NO3. The lowest BCUT2D eigenvalue weighted by molar-refractivity contribution is -0.118. The summed E-state index contributed by atoms with van der Waals surface area (Å²) in [5.41, 5.74) is 1.87. The van der Waals surface area contributed by atoms with Crippen molar-refractivity contribution in [3.8, 4) is 11.5 Å². The molecule has 21 heavy (non-hydrogen) atoms. The van der Waals surface area contributed by atoms with Crippen LogP contribution in [-0.4, -0.2) is 19.1 Å². The van der Waals surface area contributed by atoms with Crippen LogP contribution in [0.1, 0.15) is 12.5 Å². The number of rotatable bonds is 6. The molecule has 4 nitrogen and oxygen atoms in total. The fraction of sp³-hybridized carbons (Fsp3) is 0.235. The molecule has 0 aliphatic rings. The van der Waals surface area contributed by atoms with Crippen LogP contribution in [0.15, 0.2) is 48.5 Å². The van der Waals surface area contributed by atoms with E-state index in [0.717, 1.165) is 17.0 Å². The Morgan fingerprint density at radius 2 is 1.71 bits per heavy atom. The van der Waals surface area contributed by atoms with Gasteiger partial charge in [-0.25, -0.2) is 0 Å². The molecule has 0 radical (unpaired) electrons. The van der Waals surface area contributed by atoms with Crippen LogP contribution >= 0.6 is 0 Å². The molecule has 0 saturated carbocycles. The van der Waals surface area contributed by atoms with Gasteiger partial charge in [0.05, 0.1) is 6.61 Å². The van der Waals surface area contributed by atoms with E-state index in [1.165, 1.54) is 0 Å². The molecule has 2 aromatic rings. The maximum Gasteiger partial charge on any atom is 0.262 e. The van der Waals surface area contributed by atoms with E-state index < -0.39 is 0 Å². The van der Waals surface area contributed by atoms with Gasteiger partial charge in [0.2, 0.25) is 0 Å². The molecule has 0 unspecified atom stereocenters. The minimum absolute atomic E-state index is 0.0259. The van der Waals surface area contributed by atoms with Gasteiger partial charge in [-0.2, -0.15) is 0 Å². The van der Waals surface area contributed by atoms with Gasteiger partial charge < -0.3 is 14.8 Å². The van der Waals surface area contributed by atoms with Crippen molar-refractivity contribution in [1.82, 2.24) is 0 Å². The molecule has 0 aliphatic heterocycles. The number of ether oxygens (including phenoxy) is 2. The lowest BCUT2D eigenvalue weighted by atomic mass is 10.2. The van der Waals surface area contributed by atoms with Crippen molar-refractivity contribution in [3.05, 3.63) is 54.1 Å². The highest BCUT2D eigenvalue weighted by atomic mass is 16.5. The number of anilines is 1. The number of aryl methyl sites for hydroxylation is 1. The molecule has 1 N–H and O–H groups in total. The molecule has 0 fully saturated rings. The van der Waals surface area contributed by atoms with Crippen LogP contribution in [0, 0.1) is 6.92 Å². The maximum absolute atomic E-state index is 11.8. The average molecular weight is 285 g/mol. The first kappa shape index (κ1) is 14.9. The second kappa shape index (κ2) is 7.33. The Kier molecular flexibility index (Phi) is 5.21. The number of amides is 1. The highest BCUT2D eigenvalue weighted by Gasteiger charge is 2.04. The van der Waals surface area contributed by atoms with Gasteiger partial charge in [-0.3, -0.25) is 4.79 Å². The Morgan fingerprint density at radius 3 is 2.33 bits per heavy atom. The quantitative estimate of drug-likeness (QED) is 0.884. The summed E-state index contributed by atoms with van der Waals surface area (Å²) in [6.45, 7) is 4.51. The summed E-state index contributed by atoms with van der Waals surface area (Å²) in [6, 6.07) is 14.8. The molecule has 0 aromatic heterocycles. The maximum atomic E-state index is 11.8. The second-order valence-electron chi connectivity index (χ2n) is 4.61. The van der Waals surface area contributed by atoms with Crippen molar-refractivity contribution >= 4 is 11.6 Å². The lowest BCUT2D eigenvalue weighted by Crippen LogP contribution is -2.20. The fourth-order valence-electron chi connectivity index (χ4n) is 1.87.